The first kappa shape index (κ1) is 15.9. The number of halogens is 1. The fraction of sp³-hybridized carbons (Fsp3) is 0.529. The minimum atomic E-state index is -0.777. The highest BCUT2D eigenvalue weighted by atomic mass is 19.1. The zero-order valence-corrected chi connectivity index (χ0v) is 13.2. The zero-order chi connectivity index (χ0) is 16.4. The van der Waals surface area contributed by atoms with Gasteiger partial charge in [0.1, 0.15) is 11.9 Å². The lowest BCUT2D eigenvalue weighted by Gasteiger charge is -2.46. The molecule has 6 heteroatoms. The van der Waals surface area contributed by atoms with Crippen molar-refractivity contribution < 1.29 is 18.7 Å². The van der Waals surface area contributed by atoms with Gasteiger partial charge in [-0.25, -0.2) is 4.39 Å². The smallest absolute Gasteiger partial charge is 0.247 e. The van der Waals surface area contributed by atoms with Gasteiger partial charge in [-0.3, -0.25) is 9.59 Å². The van der Waals surface area contributed by atoms with Crippen LogP contribution >= 0.6 is 0 Å². The largest absolute Gasteiger partial charge is 0.384 e. The molecule has 2 amide bonds. The van der Waals surface area contributed by atoms with E-state index in [-0.39, 0.29) is 11.8 Å². The first-order valence-electron chi connectivity index (χ1n) is 7.91. The van der Waals surface area contributed by atoms with Crippen molar-refractivity contribution in [3.8, 4) is 0 Å². The average molecular weight is 320 g/mol. The molecule has 0 spiro atoms. The lowest BCUT2D eigenvalue weighted by Crippen LogP contribution is -2.58. The molecule has 0 aromatic heterocycles. The third kappa shape index (κ3) is 2.83. The molecule has 1 heterocycles. The highest BCUT2D eigenvalue weighted by molar-refractivity contribution is 5.92. The predicted octanol–water partition coefficient (Wildman–Crippen LogP) is 1.64. The van der Waals surface area contributed by atoms with Crippen molar-refractivity contribution >= 4 is 11.8 Å². The van der Waals surface area contributed by atoms with Gasteiger partial charge in [-0.1, -0.05) is 18.6 Å². The van der Waals surface area contributed by atoms with Crippen molar-refractivity contribution in [1.82, 2.24) is 10.2 Å². The fourth-order valence-corrected chi connectivity index (χ4v) is 3.50. The standard InChI is InChI=1S/C17H21FN2O3/c1-23-11-17(6-3-7-17)16(22)20-9-8-19-15(21)14(20)12-4-2-5-13(18)10-12/h2,4-5,10,14H,3,6-9,11H2,1H3,(H,19,21). The van der Waals surface area contributed by atoms with Crippen LogP contribution in [-0.2, 0) is 14.3 Å². The number of hydrogen-bond acceptors (Lipinski definition) is 3. The van der Waals surface area contributed by atoms with Gasteiger partial charge in [-0.15, -0.1) is 0 Å². The van der Waals surface area contributed by atoms with Crippen LogP contribution in [0.5, 0.6) is 0 Å². The molecule has 5 nitrogen and oxygen atoms in total. The van der Waals surface area contributed by atoms with Gasteiger partial charge in [-0.2, -0.15) is 0 Å². The molecule has 1 atom stereocenters. The number of benzene rings is 1. The van der Waals surface area contributed by atoms with E-state index in [0.717, 1.165) is 19.3 Å². The molecule has 2 aliphatic rings. The number of nitrogens with one attached hydrogen (secondary N) is 1. The summed E-state index contributed by atoms with van der Waals surface area (Å²) in [4.78, 5) is 27.0. The number of carbonyl (C=O) groups is 2. The molecule has 3 rings (SSSR count). The van der Waals surface area contributed by atoms with Crippen LogP contribution in [0, 0.1) is 11.2 Å². The minimum Gasteiger partial charge on any atom is -0.384 e. The lowest BCUT2D eigenvalue weighted by molar-refractivity contribution is -0.159. The van der Waals surface area contributed by atoms with Crippen LogP contribution < -0.4 is 5.32 Å². The Hall–Kier alpha value is -1.95. The molecule has 124 valence electrons. The van der Waals surface area contributed by atoms with Crippen LogP contribution in [0.3, 0.4) is 0 Å². The summed E-state index contributed by atoms with van der Waals surface area (Å²) in [5.74, 6) is -0.736. The summed E-state index contributed by atoms with van der Waals surface area (Å²) in [5.41, 5.74) is -0.0276. The second kappa shape index (κ2) is 6.28. The molecule has 1 saturated heterocycles. The number of nitrogens with zero attached hydrogens (tertiary/aromatic N) is 1. The molecule has 0 radical (unpaired) electrons. The number of carbonyl (C=O) groups excluding carboxylic acids is 2. The molecule has 1 N–H and O–H groups in total. The van der Waals surface area contributed by atoms with Crippen LogP contribution in [0.1, 0.15) is 30.9 Å². The normalized spacial score (nSPS) is 23.1. The minimum absolute atomic E-state index is 0.0605. The molecule has 1 aromatic rings. The molecule has 2 fully saturated rings. The quantitative estimate of drug-likeness (QED) is 0.917. The summed E-state index contributed by atoms with van der Waals surface area (Å²) in [6.45, 7) is 1.20. The fourth-order valence-electron chi connectivity index (χ4n) is 3.50. The van der Waals surface area contributed by atoms with Crippen molar-refractivity contribution in [2.75, 3.05) is 26.8 Å². The van der Waals surface area contributed by atoms with E-state index in [1.54, 1.807) is 24.1 Å². The van der Waals surface area contributed by atoms with E-state index in [1.807, 2.05) is 0 Å². The molecule has 0 bridgehead atoms. The van der Waals surface area contributed by atoms with Gasteiger partial charge in [0.15, 0.2) is 0 Å². The first-order valence-corrected chi connectivity index (χ1v) is 7.91. The predicted molar refractivity (Wildman–Crippen MR) is 82.0 cm³/mol. The molecule has 1 unspecified atom stereocenters. The molecule has 1 saturated carbocycles. The SMILES string of the molecule is COCC1(C(=O)N2CCNC(=O)C2c2cccc(F)c2)CCC1. The topological polar surface area (TPSA) is 58.6 Å². The van der Waals surface area contributed by atoms with E-state index in [0.29, 0.717) is 25.3 Å². The third-order valence-corrected chi connectivity index (χ3v) is 4.82. The Morgan fingerprint density at radius 3 is 2.87 bits per heavy atom. The van der Waals surface area contributed by atoms with Crippen LogP contribution in [0.4, 0.5) is 4.39 Å². The van der Waals surface area contributed by atoms with Gasteiger partial charge in [0.25, 0.3) is 0 Å². The van der Waals surface area contributed by atoms with Crippen LogP contribution in [0.2, 0.25) is 0 Å². The van der Waals surface area contributed by atoms with Gasteiger partial charge in [-0.05, 0) is 30.5 Å². The third-order valence-electron chi connectivity index (χ3n) is 4.82. The highest BCUT2D eigenvalue weighted by Crippen LogP contribution is 2.44. The highest BCUT2D eigenvalue weighted by Gasteiger charge is 2.49. The van der Waals surface area contributed by atoms with E-state index in [2.05, 4.69) is 5.32 Å². The summed E-state index contributed by atoms with van der Waals surface area (Å²) in [5, 5.41) is 2.77. The van der Waals surface area contributed by atoms with E-state index < -0.39 is 17.3 Å². The van der Waals surface area contributed by atoms with Crippen molar-refractivity contribution in [2.45, 2.75) is 25.3 Å². The van der Waals surface area contributed by atoms with Crippen molar-refractivity contribution in [2.24, 2.45) is 5.41 Å². The number of piperazine rings is 1. The number of methoxy groups -OCH3 is 1. The summed E-state index contributed by atoms with van der Waals surface area (Å²) in [6, 6.07) is 5.11. The second-order valence-corrected chi connectivity index (χ2v) is 6.31. The van der Waals surface area contributed by atoms with Gasteiger partial charge in [0, 0.05) is 20.2 Å². The Balaban J connectivity index is 1.92. The van der Waals surface area contributed by atoms with Crippen LogP contribution in [0.15, 0.2) is 24.3 Å². The molecule has 1 aliphatic heterocycles. The average Bonchev–Trinajstić information content (AvgIpc) is 2.50. The Labute approximate surface area is 134 Å². The maximum Gasteiger partial charge on any atom is 0.247 e. The number of amides is 2. The molecule has 1 aliphatic carbocycles. The van der Waals surface area contributed by atoms with Crippen molar-refractivity contribution in [1.29, 1.82) is 0 Å². The summed E-state index contributed by atoms with van der Waals surface area (Å²) >= 11 is 0. The van der Waals surface area contributed by atoms with Gasteiger partial charge >= 0.3 is 0 Å². The molecular weight excluding hydrogens is 299 g/mol. The number of hydrogen-bond donors (Lipinski definition) is 1. The Bertz CT molecular complexity index is 616. The lowest BCUT2D eigenvalue weighted by atomic mass is 9.68. The Kier molecular flexibility index (Phi) is 4.35. The molecule has 23 heavy (non-hydrogen) atoms. The van der Waals surface area contributed by atoms with Crippen molar-refractivity contribution in [3.63, 3.8) is 0 Å². The Morgan fingerprint density at radius 2 is 2.26 bits per heavy atom. The summed E-state index contributed by atoms with van der Waals surface area (Å²) < 4.78 is 18.8. The zero-order valence-electron chi connectivity index (χ0n) is 13.2. The maximum absolute atomic E-state index is 13.6. The first-order chi connectivity index (χ1) is 11.1. The molecule has 1 aromatic carbocycles. The number of ether oxygens (including phenoxy) is 1. The maximum atomic E-state index is 13.6. The van der Waals surface area contributed by atoms with E-state index in [1.165, 1.54) is 12.1 Å². The van der Waals surface area contributed by atoms with E-state index in [4.69, 9.17) is 4.74 Å². The van der Waals surface area contributed by atoms with Gasteiger partial charge in [0.05, 0.1) is 12.0 Å². The monoisotopic (exact) mass is 320 g/mol. The number of rotatable bonds is 4. The van der Waals surface area contributed by atoms with E-state index in [9.17, 15) is 14.0 Å². The van der Waals surface area contributed by atoms with Crippen molar-refractivity contribution in [3.05, 3.63) is 35.6 Å². The Morgan fingerprint density at radius 1 is 1.48 bits per heavy atom. The van der Waals surface area contributed by atoms with Gasteiger partial charge < -0.3 is 15.0 Å². The summed E-state index contributed by atoms with van der Waals surface area (Å²) in [7, 11) is 1.58. The van der Waals surface area contributed by atoms with Crippen LogP contribution in [-0.4, -0.2) is 43.5 Å². The summed E-state index contributed by atoms with van der Waals surface area (Å²) in [6.07, 6.45) is 2.53. The van der Waals surface area contributed by atoms with Gasteiger partial charge in [0.2, 0.25) is 11.8 Å². The van der Waals surface area contributed by atoms with Crippen LogP contribution in [0.25, 0.3) is 0 Å². The van der Waals surface area contributed by atoms with E-state index >= 15 is 0 Å². The molecular formula is C17H21FN2O3. The second-order valence-electron chi connectivity index (χ2n) is 6.31.